The van der Waals surface area contributed by atoms with Gasteiger partial charge in [-0.2, -0.15) is 15.0 Å². The van der Waals surface area contributed by atoms with Crippen molar-refractivity contribution in [1.29, 1.82) is 0 Å². The fourth-order valence-electron chi connectivity index (χ4n) is 1.44. The first-order valence-corrected chi connectivity index (χ1v) is 6.03. The SMILES string of the molecule is CN(c1nc(NN)nc(-n2ccnc2)n1)C(C)(C)CO. The van der Waals surface area contributed by atoms with Gasteiger partial charge in [-0.3, -0.25) is 9.99 Å². The van der Waals surface area contributed by atoms with Crippen LogP contribution in [-0.4, -0.2) is 48.8 Å². The van der Waals surface area contributed by atoms with Gasteiger partial charge in [-0.05, 0) is 13.8 Å². The minimum absolute atomic E-state index is 0.0407. The molecule has 0 aromatic carbocycles. The molecule has 4 N–H and O–H groups in total. The molecule has 0 radical (unpaired) electrons. The van der Waals surface area contributed by atoms with Crippen LogP contribution in [0.1, 0.15) is 13.8 Å². The summed E-state index contributed by atoms with van der Waals surface area (Å²) in [4.78, 5) is 18.4. The Morgan fingerprint density at radius 2 is 2.15 bits per heavy atom. The van der Waals surface area contributed by atoms with Gasteiger partial charge in [-0.1, -0.05) is 0 Å². The molecule has 2 heterocycles. The zero-order valence-electron chi connectivity index (χ0n) is 11.6. The first kappa shape index (κ1) is 14.2. The largest absolute Gasteiger partial charge is 0.394 e. The quantitative estimate of drug-likeness (QED) is 0.497. The Kier molecular flexibility index (Phi) is 3.81. The summed E-state index contributed by atoms with van der Waals surface area (Å²) >= 11 is 0. The molecule has 2 aromatic rings. The Morgan fingerprint density at radius 3 is 2.70 bits per heavy atom. The van der Waals surface area contributed by atoms with Gasteiger partial charge in [0.25, 0.3) is 0 Å². The lowest BCUT2D eigenvalue weighted by molar-refractivity contribution is 0.215. The highest BCUT2D eigenvalue weighted by Crippen LogP contribution is 2.19. The minimum atomic E-state index is -0.514. The zero-order chi connectivity index (χ0) is 14.8. The predicted molar refractivity (Wildman–Crippen MR) is 74.3 cm³/mol. The fourth-order valence-corrected chi connectivity index (χ4v) is 1.44. The second kappa shape index (κ2) is 5.39. The first-order valence-electron chi connectivity index (χ1n) is 6.03. The number of rotatable bonds is 5. The molecule has 20 heavy (non-hydrogen) atoms. The van der Waals surface area contributed by atoms with Crippen LogP contribution < -0.4 is 16.2 Å². The van der Waals surface area contributed by atoms with Gasteiger partial charge >= 0.3 is 0 Å². The Hall–Kier alpha value is -2.26. The molecule has 0 unspecified atom stereocenters. The van der Waals surface area contributed by atoms with E-state index in [1.165, 1.54) is 0 Å². The van der Waals surface area contributed by atoms with Crippen molar-refractivity contribution in [3.8, 4) is 5.95 Å². The highest BCUT2D eigenvalue weighted by atomic mass is 16.3. The van der Waals surface area contributed by atoms with Crippen molar-refractivity contribution in [2.45, 2.75) is 19.4 Å². The van der Waals surface area contributed by atoms with E-state index in [1.807, 2.05) is 13.8 Å². The molecule has 0 saturated heterocycles. The second-order valence-corrected chi connectivity index (χ2v) is 4.90. The van der Waals surface area contributed by atoms with Crippen LogP contribution in [0.25, 0.3) is 5.95 Å². The molecule has 2 aromatic heterocycles. The van der Waals surface area contributed by atoms with Gasteiger partial charge in [0, 0.05) is 19.4 Å². The van der Waals surface area contributed by atoms with Crippen LogP contribution in [0.3, 0.4) is 0 Å². The topological polar surface area (TPSA) is 118 Å². The monoisotopic (exact) mass is 278 g/mol. The Labute approximate surface area is 116 Å². The van der Waals surface area contributed by atoms with Gasteiger partial charge in [-0.15, -0.1) is 0 Å². The molecule has 0 atom stereocenters. The number of likely N-dealkylation sites (N-methyl/N-ethyl adjacent to an activating group) is 1. The molecule has 0 fully saturated rings. The Balaban J connectivity index is 2.46. The highest BCUT2D eigenvalue weighted by Gasteiger charge is 2.25. The average Bonchev–Trinajstić information content (AvgIpc) is 3.00. The average molecular weight is 278 g/mol. The van der Waals surface area contributed by atoms with Crippen LogP contribution in [0.5, 0.6) is 0 Å². The molecule has 0 bridgehead atoms. The van der Waals surface area contributed by atoms with Gasteiger partial charge in [0.15, 0.2) is 0 Å². The standard InChI is InChI=1S/C11H18N8O/c1-11(2,6-20)18(3)9-14-8(17-12)15-10(16-9)19-5-4-13-7-19/h4-5,7,20H,6,12H2,1-3H3,(H,14,15,16,17). The molecular weight excluding hydrogens is 260 g/mol. The van der Waals surface area contributed by atoms with Gasteiger partial charge in [0.1, 0.15) is 6.33 Å². The van der Waals surface area contributed by atoms with Gasteiger partial charge in [-0.25, -0.2) is 10.8 Å². The van der Waals surface area contributed by atoms with E-state index in [4.69, 9.17) is 5.84 Å². The Bertz CT molecular complexity index is 568. The minimum Gasteiger partial charge on any atom is -0.394 e. The number of hydrazine groups is 1. The molecule has 0 saturated carbocycles. The molecule has 0 amide bonds. The Morgan fingerprint density at radius 1 is 1.40 bits per heavy atom. The van der Waals surface area contributed by atoms with E-state index in [0.29, 0.717) is 11.9 Å². The molecule has 9 heteroatoms. The lowest BCUT2D eigenvalue weighted by Gasteiger charge is -2.33. The third-order valence-corrected chi connectivity index (χ3v) is 3.07. The fraction of sp³-hybridized carbons (Fsp3) is 0.455. The van der Waals surface area contributed by atoms with E-state index in [9.17, 15) is 5.11 Å². The summed E-state index contributed by atoms with van der Waals surface area (Å²) in [6.07, 6.45) is 4.92. The maximum Gasteiger partial charge on any atom is 0.243 e. The summed E-state index contributed by atoms with van der Waals surface area (Å²) in [5.74, 6) is 6.41. The summed E-state index contributed by atoms with van der Waals surface area (Å²) in [5.41, 5.74) is 1.89. The van der Waals surface area contributed by atoms with Crippen LogP contribution in [-0.2, 0) is 0 Å². The number of hydrogen-bond donors (Lipinski definition) is 3. The van der Waals surface area contributed by atoms with Crippen molar-refractivity contribution in [2.24, 2.45) is 5.84 Å². The van der Waals surface area contributed by atoms with Gasteiger partial charge in [0.2, 0.25) is 17.8 Å². The lowest BCUT2D eigenvalue weighted by atomic mass is 10.1. The number of nitrogens with two attached hydrogens (primary N) is 1. The molecule has 0 aliphatic carbocycles. The molecule has 0 spiro atoms. The van der Waals surface area contributed by atoms with Gasteiger partial charge < -0.3 is 10.0 Å². The zero-order valence-corrected chi connectivity index (χ0v) is 11.6. The van der Waals surface area contributed by atoms with Crippen molar-refractivity contribution in [3.63, 3.8) is 0 Å². The van der Waals surface area contributed by atoms with E-state index in [0.717, 1.165) is 0 Å². The summed E-state index contributed by atoms with van der Waals surface area (Å²) in [6, 6.07) is 0. The van der Waals surface area contributed by atoms with Gasteiger partial charge in [0.05, 0.1) is 12.1 Å². The number of aliphatic hydroxyl groups is 1. The number of anilines is 2. The maximum absolute atomic E-state index is 9.44. The van der Waals surface area contributed by atoms with Crippen LogP contribution in [0.2, 0.25) is 0 Å². The number of hydrogen-bond acceptors (Lipinski definition) is 8. The van der Waals surface area contributed by atoms with Crippen molar-refractivity contribution in [1.82, 2.24) is 24.5 Å². The molecule has 2 rings (SSSR count). The van der Waals surface area contributed by atoms with Crippen molar-refractivity contribution < 1.29 is 5.11 Å². The summed E-state index contributed by atoms with van der Waals surface area (Å²) < 4.78 is 1.64. The molecule has 108 valence electrons. The normalized spacial score (nSPS) is 11.4. The number of aliphatic hydroxyl groups excluding tert-OH is 1. The van der Waals surface area contributed by atoms with Crippen molar-refractivity contribution >= 4 is 11.9 Å². The van der Waals surface area contributed by atoms with Crippen LogP contribution in [0.15, 0.2) is 18.7 Å². The van der Waals surface area contributed by atoms with Crippen molar-refractivity contribution in [3.05, 3.63) is 18.7 Å². The number of aromatic nitrogens is 5. The highest BCUT2D eigenvalue weighted by molar-refractivity contribution is 5.41. The predicted octanol–water partition coefficient (Wildman–Crippen LogP) is -0.450. The number of nitrogen functional groups attached to an aromatic ring is 1. The number of nitrogens with zero attached hydrogens (tertiary/aromatic N) is 6. The first-order chi connectivity index (χ1) is 9.47. The summed E-state index contributed by atoms with van der Waals surface area (Å²) in [7, 11) is 1.80. The van der Waals surface area contributed by atoms with Crippen LogP contribution in [0, 0.1) is 0 Å². The smallest absolute Gasteiger partial charge is 0.243 e. The second-order valence-electron chi connectivity index (χ2n) is 4.90. The van der Waals surface area contributed by atoms with E-state index in [2.05, 4.69) is 25.4 Å². The van der Waals surface area contributed by atoms with Crippen molar-refractivity contribution in [2.75, 3.05) is 24.0 Å². The van der Waals surface area contributed by atoms with Crippen LogP contribution in [0.4, 0.5) is 11.9 Å². The summed E-state index contributed by atoms with van der Waals surface area (Å²) in [5, 5.41) is 9.44. The van der Waals surface area contributed by atoms with E-state index < -0.39 is 5.54 Å². The third kappa shape index (κ3) is 2.68. The molecular formula is C11H18N8O. The van der Waals surface area contributed by atoms with Crippen LogP contribution >= 0.6 is 0 Å². The lowest BCUT2D eigenvalue weighted by Crippen LogP contribution is -2.45. The molecule has 0 aliphatic heterocycles. The van der Waals surface area contributed by atoms with E-state index in [1.54, 1.807) is 35.2 Å². The number of imidazole rings is 1. The van der Waals surface area contributed by atoms with E-state index >= 15 is 0 Å². The van der Waals surface area contributed by atoms with E-state index in [-0.39, 0.29) is 12.6 Å². The summed E-state index contributed by atoms with van der Waals surface area (Å²) in [6.45, 7) is 3.72. The number of nitrogens with one attached hydrogen (secondary N) is 1. The maximum atomic E-state index is 9.44. The molecule has 0 aliphatic rings. The molecule has 9 nitrogen and oxygen atoms in total. The third-order valence-electron chi connectivity index (χ3n) is 3.07.